The molecule has 0 spiro atoms. The molecule has 4 heteroatoms. The van der Waals surface area contributed by atoms with E-state index in [-0.39, 0.29) is 11.5 Å². The molecule has 1 N–H and O–H groups in total. The van der Waals surface area contributed by atoms with Crippen LogP contribution in [0.2, 0.25) is 0 Å². The minimum Gasteiger partial charge on any atom is -0.508 e. The summed E-state index contributed by atoms with van der Waals surface area (Å²) < 4.78 is 0. The molecule has 146 valence electrons. The average molecular weight is 377 g/mol. The number of aliphatic imine (C=N–C) groups is 1. The standard InChI is InChI=1S/C24H28N2O2/c1-9-15(4)24(26-8)22(18(7)28)23(21(14(2)3)17(6)27)20-11-10-19(13-25)12-16(20)5/h9-12,23,28H,7-8H2,1-6H3/b15-9-,24-22-. The lowest BCUT2D eigenvalue weighted by Crippen LogP contribution is -2.17. The van der Waals surface area contributed by atoms with Gasteiger partial charge in [0.05, 0.1) is 17.3 Å². The van der Waals surface area contributed by atoms with Crippen molar-refractivity contribution in [3.63, 3.8) is 0 Å². The molecule has 1 aromatic carbocycles. The number of hydrogen-bond donors (Lipinski definition) is 1. The van der Waals surface area contributed by atoms with Crippen LogP contribution < -0.4 is 0 Å². The summed E-state index contributed by atoms with van der Waals surface area (Å²) in [4.78, 5) is 16.8. The number of allylic oxidation sites excluding steroid dienone is 5. The van der Waals surface area contributed by atoms with Crippen LogP contribution in [0.15, 0.2) is 69.6 Å². The highest BCUT2D eigenvalue weighted by Crippen LogP contribution is 2.41. The largest absolute Gasteiger partial charge is 0.508 e. The molecule has 1 atom stereocenters. The van der Waals surface area contributed by atoms with E-state index in [1.807, 2.05) is 46.8 Å². The van der Waals surface area contributed by atoms with E-state index in [2.05, 4.69) is 24.4 Å². The van der Waals surface area contributed by atoms with Crippen LogP contribution in [0.1, 0.15) is 57.2 Å². The Kier molecular flexibility index (Phi) is 7.88. The predicted molar refractivity (Wildman–Crippen MR) is 115 cm³/mol. The zero-order chi connectivity index (χ0) is 21.6. The van der Waals surface area contributed by atoms with Crippen LogP contribution in [-0.4, -0.2) is 17.6 Å². The van der Waals surface area contributed by atoms with E-state index in [9.17, 15) is 15.2 Å². The molecule has 0 amide bonds. The number of nitrogens with zero attached hydrogens (tertiary/aromatic N) is 2. The molecule has 0 heterocycles. The maximum absolute atomic E-state index is 12.6. The van der Waals surface area contributed by atoms with Gasteiger partial charge >= 0.3 is 0 Å². The molecule has 0 aliphatic rings. The summed E-state index contributed by atoms with van der Waals surface area (Å²) in [6.45, 7) is 18.3. The van der Waals surface area contributed by atoms with Crippen LogP contribution in [0.5, 0.6) is 0 Å². The molecule has 0 saturated carbocycles. The van der Waals surface area contributed by atoms with Crippen molar-refractivity contribution in [3.05, 3.63) is 81.3 Å². The van der Waals surface area contributed by atoms with Crippen molar-refractivity contribution in [3.8, 4) is 6.07 Å². The second-order valence-electron chi connectivity index (χ2n) is 6.92. The molecular weight excluding hydrogens is 348 g/mol. The summed E-state index contributed by atoms with van der Waals surface area (Å²) in [7, 11) is 0. The van der Waals surface area contributed by atoms with Crippen LogP contribution in [0.4, 0.5) is 0 Å². The van der Waals surface area contributed by atoms with Crippen LogP contribution in [0, 0.1) is 18.3 Å². The Labute approximate surface area is 167 Å². The Bertz CT molecular complexity index is 949. The third-order valence-corrected chi connectivity index (χ3v) is 4.74. The summed E-state index contributed by atoms with van der Waals surface area (Å²) in [6, 6.07) is 7.42. The predicted octanol–water partition coefficient (Wildman–Crippen LogP) is 5.87. The molecule has 0 aliphatic carbocycles. The van der Waals surface area contributed by atoms with Gasteiger partial charge in [-0.15, -0.1) is 0 Å². The molecule has 1 rings (SSSR count). The lowest BCUT2D eigenvalue weighted by atomic mass is 9.77. The molecule has 0 bridgehead atoms. The van der Waals surface area contributed by atoms with Gasteiger partial charge in [0.15, 0.2) is 5.78 Å². The average Bonchev–Trinajstić information content (AvgIpc) is 2.62. The van der Waals surface area contributed by atoms with E-state index in [1.54, 1.807) is 12.1 Å². The maximum atomic E-state index is 12.6. The number of aliphatic hydroxyl groups is 1. The number of aryl methyl sites for hydroxylation is 1. The van der Waals surface area contributed by atoms with Crippen molar-refractivity contribution in [1.29, 1.82) is 5.26 Å². The van der Waals surface area contributed by atoms with Crippen molar-refractivity contribution >= 4 is 12.5 Å². The fourth-order valence-corrected chi connectivity index (χ4v) is 3.37. The number of nitriles is 1. The fourth-order valence-electron chi connectivity index (χ4n) is 3.37. The Balaban J connectivity index is 4.12. The molecule has 1 aromatic rings. The Morgan fingerprint density at radius 3 is 2.21 bits per heavy atom. The van der Waals surface area contributed by atoms with Crippen LogP contribution in [0.25, 0.3) is 0 Å². The topological polar surface area (TPSA) is 73.5 Å². The van der Waals surface area contributed by atoms with E-state index in [0.717, 1.165) is 22.3 Å². The summed E-state index contributed by atoms with van der Waals surface area (Å²) in [5, 5.41) is 19.7. The molecule has 28 heavy (non-hydrogen) atoms. The maximum Gasteiger partial charge on any atom is 0.156 e. The molecule has 1 unspecified atom stereocenters. The highest BCUT2D eigenvalue weighted by Gasteiger charge is 2.31. The monoisotopic (exact) mass is 376 g/mol. The van der Waals surface area contributed by atoms with Crippen molar-refractivity contribution in [2.45, 2.75) is 47.5 Å². The number of aliphatic hydroxyl groups excluding tert-OH is 1. The van der Waals surface area contributed by atoms with E-state index in [1.165, 1.54) is 6.92 Å². The summed E-state index contributed by atoms with van der Waals surface area (Å²) in [5.74, 6) is -0.852. The number of Topliss-reactive ketones (excluding diaryl/α,β-unsaturated/α-hetero) is 1. The minimum atomic E-state index is -0.580. The Morgan fingerprint density at radius 2 is 1.86 bits per heavy atom. The first-order chi connectivity index (χ1) is 13.1. The second-order valence-corrected chi connectivity index (χ2v) is 6.92. The lowest BCUT2D eigenvalue weighted by Gasteiger charge is -2.27. The summed E-state index contributed by atoms with van der Waals surface area (Å²) >= 11 is 0. The van der Waals surface area contributed by atoms with Crippen molar-refractivity contribution in [1.82, 2.24) is 0 Å². The van der Waals surface area contributed by atoms with E-state index in [4.69, 9.17) is 0 Å². The van der Waals surface area contributed by atoms with Gasteiger partial charge in [0.1, 0.15) is 5.76 Å². The van der Waals surface area contributed by atoms with Crippen LogP contribution in [-0.2, 0) is 4.79 Å². The first-order valence-corrected chi connectivity index (χ1v) is 9.01. The van der Waals surface area contributed by atoms with Gasteiger partial charge in [-0.3, -0.25) is 9.79 Å². The van der Waals surface area contributed by atoms with E-state index < -0.39 is 5.92 Å². The Hall–Kier alpha value is -3.19. The molecule has 0 aromatic heterocycles. The van der Waals surface area contributed by atoms with Gasteiger partial charge in [-0.25, -0.2) is 0 Å². The number of hydrogen-bond acceptors (Lipinski definition) is 4. The molecule has 4 nitrogen and oxygen atoms in total. The van der Waals surface area contributed by atoms with Gasteiger partial charge in [0, 0.05) is 17.1 Å². The Morgan fingerprint density at radius 1 is 1.25 bits per heavy atom. The third-order valence-electron chi connectivity index (χ3n) is 4.74. The fraction of sp³-hybridized carbons (Fsp3) is 0.292. The third kappa shape index (κ3) is 4.75. The number of rotatable bonds is 7. The first kappa shape index (κ1) is 22.9. The van der Waals surface area contributed by atoms with Gasteiger partial charge < -0.3 is 5.11 Å². The number of carbonyl (C=O) groups is 1. The van der Waals surface area contributed by atoms with E-state index >= 15 is 0 Å². The van der Waals surface area contributed by atoms with Crippen molar-refractivity contribution < 1.29 is 9.90 Å². The van der Waals surface area contributed by atoms with Gasteiger partial charge in [0.25, 0.3) is 0 Å². The van der Waals surface area contributed by atoms with Crippen molar-refractivity contribution in [2.75, 3.05) is 0 Å². The normalized spacial score (nSPS) is 13.1. The molecule has 0 fully saturated rings. The quantitative estimate of drug-likeness (QED) is 0.280. The zero-order valence-corrected chi connectivity index (χ0v) is 17.6. The van der Waals surface area contributed by atoms with E-state index in [0.29, 0.717) is 22.4 Å². The lowest BCUT2D eigenvalue weighted by molar-refractivity contribution is -0.113. The molecule has 0 aliphatic heterocycles. The molecular formula is C24H28N2O2. The van der Waals surface area contributed by atoms with Gasteiger partial charge in [-0.2, -0.15) is 5.26 Å². The number of ketones is 1. The molecule has 0 saturated heterocycles. The number of benzene rings is 1. The zero-order valence-electron chi connectivity index (χ0n) is 17.6. The minimum absolute atomic E-state index is 0.103. The van der Waals surface area contributed by atoms with Gasteiger partial charge in [0.2, 0.25) is 0 Å². The van der Waals surface area contributed by atoms with Crippen molar-refractivity contribution in [2.24, 2.45) is 4.99 Å². The van der Waals surface area contributed by atoms with Crippen LogP contribution >= 0.6 is 0 Å². The first-order valence-electron chi connectivity index (χ1n) is 9.01. The molecule has 0 radical (unpaired) electrons. The van der Waals surface area contributed by atoms with Crippen LogP contribution in [0.3, 0.4) is 0 Å². The smallest absolute Gasteiger partial charge is 0.156 e. The summed E-state index contributed by atoms with van der Waals surface area (Å²) in [6.07, 6.45) is 1.87. The van der Waals surface area contributed by atoms with Gasteiger partial charge in [-0.05, 0) is 77.1 Å². The highest BCUT2D eigenvalue weighted by molar-refractivity contribution is 5.96. The number of carbonyl (C=O) groups excluding carboxylic acids is 1. The second kappa shape index (κ2) is 9.66. The SMILES string of the molecule is C=NC(/C(C)=C\C)=C(/C(=C)O)C(C(C(C)=O)=C(C)C)c1ccc(C#N)cc1C. The highest BCUT2D eigenvalue weighted by atomic mass is 16.3. The van der Waals surface area contributed by atoms with Gasteiger partial charge in [-0.1, -0.05) is 24.3 Å². The summed E-state index contributed by atoms with van der Waals surface area (Å²) in [5.41, 5.74) is 5.30.